The lowest BCUT2D eigenvalue weighted by atomic mass is 10.1. The second kappa shape index (κ2) is 8.73. The third-order valence-electron chi connectivity index (χ3n) is 5.24. The summed E-state index contributed by atoms with van der Waals surface area (Å²) in [6.07, 6.45) is 1.34. The van der Waals surface area contributed by atoms with Gasteiger partial charge in [-0.25, -0.2) is 8.42 Å². The lowest BCUT2D eigenvalue weighted by Crippen LogP contribution is -2.57. The molecule has 1 N–H and O–H groups in total. The van der Waals surface area contributed by atoms with E-state index in [1.807, 2.05) is 0 Å². The molecule has 2 aliphatic rings. The molecule has 1 atom stereocenters. The summed E-state index contributed by atoms with van der Waals surface area (Å²) in [6.45, 7) is 5.04. The predicted molar refractivity (Wildman–Crippen MR) is 106 cm³/mol. The maximum Gasteiger partial charge on any atom is 0.292 e. The second-order valence-electron chi connectivity index (χ2n) is 7.06. The van der Waals surface area contributed by atoms with Gasteiger partial charge in [0.2, 0.25) is 15.9 Å². The van der Waals surface area contributed by atoms with E-state index in [0.29, 0.717) is 37.2 Å². The van der Waals surface area contributed by atoms with Crippen molar-refractivity contribution in [1.82, 2.24) is 14.5 Å². The van der Waals surface area contributed by atoms with Crippen molar-refractivity contribution in [3.05, 3.63) is 33.4 Å². The zero-order valence-electron chi connectivity index (χ0n) is 15.9. The molecule has 2 heterocycles. The van der Waals surface area contributed by atoms with Crippen LogP contribution < -0.4 is 5.32 Å². The molecule has 0 bridgehead atoms. The third-order valence-corrected chi connectivity index (χ3v) is 7.28. The first-order valence-corrected chi connectivity index (χ1v) is 10.4. The summed E-state index contributed by atoms with van der Waals surface area (Å²) in [6, 6.07) is 2.95. The van der Waals surface area contributed by atoms with E-state index >= 15 is 0 Å². The van der Waals surface area contributed by atoms with Gasteiger partial charge in [0.15, 0.2) is 4.90 Å². The maximum atomic E-state index is 13.3. The highest BCUT2D eigenvalue weighted by atomic mass is 35.5. The van der Waals surface area contributed by atoms with Crippen LogP contribution in [0.3, 0.4) is 0 Å². The van der Waals surface area contributed by atoms with E-state index in [-0.39, 0.29) is 48.0 Å². The predicted octanol–water partition coefficient (Wildman–Crippen LogP) is 1.22. The number of sulfonamides is 1. The fraction of sp³-hybridized carbons (Fsp3) is 0.588. The minimum Gasteiger partial charge on any atom is -0.336 e. The van der Waals surface area contributed by atoms with Crippen LogP contribution in [-0.4, -0.2) is 67.2 Å². The average molecular weight is 433 g/mol. The van der Waals surface area contributed by atoms with Crippen LogP contribution in [0.25, 0.3) is 0 Å². The van der Waals surface area contributed by atoms with Crippen LogP contribution in [0.5, 0.6) is 0 Å². The van der Waals surface area contributed by atoms with Gasteiger partial charge in [-0.2, -0.15) is 4.31 Å². The van der Waals surface area contributed by atoms with E-state index in [0.717, 1.165) is 6.42 Å². The summed E-state index contributed by atoms with van der Waals surface area (Å²) >= 11 is 0. The van der Waals surface area contributed by atoms with E-state index in [9.17, 15) is 23.3 Å². The number of hydrogen-bond donors (Lipinski definition) is 1. The number of amides is 1. The quantitative estimate of drug-likeness (QED) is 0.565. The molecule has 28 heavy (non-hydrogen) atoms. The molecular formula is C17H25ClN4O5S. The molecule has 1 amide bonds. The van der Waals surface area contributed by atoms with Crippen molar-refractivity contribution in [2.24, 2.45) is 0 Å². The van der Waals surface area contributed by atoms with Crippen LogP contribution in [-0.2, 0) is 14.8 Å². The Balaban J connectivity index is 0.00000280. The van der Waals surface area contributed by atoms with Crippen LogP contribution >= 0.6 is 12.4 Å². The van der Waals surface area contributed by atoms with E-state index in [2.05, 4.69) is 5.32 Å². The zero-order chi connectivity index (χ0) is 19.8. The largest absolute Gasteiger partial charge is 0.336 e. The fourth-order valence-electron chi connectivity index (χ4n) is 3.85. The molecule has 9 nitrogen and oxygen atoms in total. The number of piperidine rings is 1. The molecule has 0 aromatic heterocycles. The van der Waals surface area contributed by atoms with Gasteiger partial charge in [-0.1, -0.05) is 12.1 Å². The third kappa shape index (κ3) is 4.14. The number of carbonyl (C=O) groups excluding carboxylic acids is 1. The van der Waals surface area contributed by atoms with Crippen LogP contribution in [0.15, 0.2) is 17.0 Å². The van der Waals surface area contributed by atoms with Crippen molar-refractivity contribution in [2.75, 3.05) is 32.7 Å². The van der Waals surface area contributed by atoms with Gasteiger partial charge in [0, 0.05) is 37.8 Å². The Labute approximate surface area is 170 Å². The fourth-order valence-corrected chi connectivity index (χ4v) is 5.80. The number of benzene rings is 1. The van der Waals surface area contributed by atoms with Crippen molar-refractivity contribution >= 4 is 34.0 Å². The van der Waals surface area contributed by atoms with Crippen LogP contribution in [0.1, 0.15) is 24.0 Å². The van der Waals surface area contributed by atoms with Gasteiger partial charge < -0.3 is 10.2 Å². The second-order valence-corrected chi connectivity index (χ2v) is 8.93. The minimum atomic E-state index is -4.04. The highest BCUT2D eigenvalue weighted by Crippen LogP contribution is 2.34. The van der Waals surface area contributed by atoms with Gasteiger partial charge in [0.25, 0.3) is 5.69 Å². The molecule has 1 unspecified atom stereocenters. The average Bonchev–Trinajstić information content (AvgIpc) is 2.63. The molecule has 2 aliphatic heterocycles. The molecule has 156 valence electrons. The summed E-state index contributed by atoms with van der Waals surface area (Å²) in [5.74, 6) is -0.0387. The number of nitrogens with zero attached hydrogens (tertiary/aromatic N) is 3. The summed E-state index contributed by atoms with van der Waals surface area (Å²) in [4.78, 5) is 24.6. The zero-order valence-corrected chi connectivity index (χ0v) is 17.5. The van der Waals surface area contributed by atoms with Gasteiger partial charge in [0.05, 0.1) is 11.5 Å². The van der Waals surface area contributed by atoms with Gasteiger partial charge in [0.1, 0.15) is 0 Å². The van der Waals surface area contributed by atoms with Gasteiger partial charge in [-0.15, -0.1) is 12.4 Å². The molecule has 2 saturated heterocycles. The Morgan fingerprint density at radius 3 is 2.54 bits per heavy atom. The van der Waals surface area contributed by atoms with Gasteiger partial charge >= 0.3 is 0 Å². The Bertz CT molecular complexity index is 877. The number of nitro groups is 1. The van der Waals surface area contributed by atoms with E-state index in [4.69, 9.17) is 0 Å². The summed E-state index contributed by atoms with van der Waals surface area (Å²) in [5.41, 5.74) is 0.304. The standard InChI is InChI=1S/C17H24N4O5S.ClH/c1-12-5-6-13(2)17(16(12)21(23)24)27(25,26)19-8-3-4-14(11-19)20-9-7-18-10-15(20)22;/h5-6,14,18H,3-4,7-11H2,1-2H3;1H. The first-order valence-electron chi connectivity index (χ1n) is 8.98. The minimum absolute atomic E-state index is 0. The topological polar surface area (TPSA) is 113 Å². The van der Waals surface area contributed by atoms with Crippen LogP contribution in [0.4, 0.5) is 5.69 Å². The number of aryl methyl sites for hydroxylation is 2. The van der Waals surface area contributed by atoms with E-state index in [1.54, 1.807) is 24.0 Å². The number of nitro benzene ring substituents is 1. The molecule has 0 saturated carbocycles. The molecular weight excluding hydrogens is 408 g/mol. The summed E-state index contributed by atoms with van der Waals surface area (Å²) in [5, 5.41) is 14.5. The molecule has 0 spiro atoms. The first kappa shape index (κ1) is 22.5. The summed E-state index contributed by atoms with van der Waals surface area (Å²) in [7, 11) is -4.04. The Morgan fingerprint density at radius 1 is 1.21 bits per heavy atom. The number of hydrogen-bond acceptors (Lipinski definition) is 6. The molecule has 0 aliphatic carbocycles. The number of carbonyl (C=O) groups is 1. The van der Waals surface area contributed by atoms with Crippen LogP contribution in [0.2, 0.25) is 0 Å². The Morgan fingerprint density at radius 2 is 1.89 bits per heavy atom. The molecule has 3 rings (SSSR count). The lowest BCUT2D eigenvalue weighted by molar-refractivity contribution is -0.388. The van der Waals surface area contributed by atoms with Gasteiger partial charge in [-0.3, -0.25) is 14.9 Å². The molecule has 2 fully saturated rings. The lowest BCUT2D eigenvalue weighted by Gasteiger charge is -2.40. The number of halogens is 1. The monoisotopic (exact) mass is 432 g/mol. The Hall–Kier alpha value is -1.75. The Kier molecular flexibility index (Phi) is 7.02. The van der Waals surface area contributed by atoms with Crippen molar-refractivity contribution in [3.8, 4) is 0 Å². The number of nitrogens with one attached hydrogen (secondary N) is 1. The summed E-state index contributed by atoms with van der Waals surface area (Å²) < 4.78 is 27.9. The normalized spacial score (nSPS) is 21.3. The van der Waals surface area contributed by atoms with Gasteiger partial charge in [-0.05, 0) is 32.3 Å². The highest BCUT2D eigenvalue weighted by molar-refractivity contribution is 7.89. The van der Waals surface area contributed by atoms with Crippen molar-refractivity contribution in [3.63, 3.8) is 0 Å². The maximum absolute atomic E-state index is 13.3. The van der Waals surface area contributed by atoms with Crippen LogP contribution in [0, 0.1) is 24.0 Å². The SMILES string of the molecule is Cc1ccc(C)c(S(=O)(=O)N2CCCC(N3CCNCC3=O)C2)c1[N+](=O)[O-].Cl. The number of piperazine rings is 1. The van der Waals surface area contributed by atoms with E-state index in [1.165, 1.54) is 11.2 Å². The highest BCUT2D eigenvalue weighted by Gasteiger charge is 2.39. The first-order chi connectivity index (χ1) is 12.7. The van der Waals surface area contributed by atoms with E-state index < -0.39 is 14.9 Å². The molecule has 0 radical (unpaired) electrons. The smallest absolute Gasteiger partial charge is 0.292 e. The van der Waals surface area contributed by atoms with Crippen molar-refractivity contribution < 1.29 is 18.1 Å². The molecule has 1 aromatic rings. The number of rotatable bonds is 4. The van der Waals surface area contributed by atoms with Crippen molar-refractivity contribution in [1.29, 1.82) is 0 Å². The van der Waals surface area contributed by atoms with Crippen molar-refractivity contribution in [2.45, 2.75) is 37.6 Å². The molecule has 1 aromatic carbocycles. The molecule has 11 heteroatoms.